The van der Waals surface area contributed by atoms with Crippen molar-refractivity contribution in [2.45, 2.75) is 25.2 Å². The fraction of sp³-hybridized carbons (Fsp3) is 0.500. The fourth-order valence-corrected chi connectivity index (χ4v) is 1.78. The van der Waals surface area contributed by atoms with E-state index >= 15 is 0 Å². The van der Waals surface area contributed by atoms with Crippen LogP contribution in [0.15, 0.2) is 24.3 Å². The molecule has 2 atom stereocenters. The molecule has 0 aliphatic carbocycles. The zero-order chi connectivity index (χ0) is 11.5. The van der Waals surface area contributed by atoms with E-state index in [9.17, 15) is 0 Å². The lowest BCUT2D eigenvalue weighted by molar-refractivity contribution is -0.159. The monoisotopic (exact) mass is 241 g/mol. The topological polar surface area (TPSA) is 44.5 Å². The molecule has 1 saturated heterocycles. The molecule has 4 heteroatoms. The van der Waals surface area contributed by atoms with Crippen LogP contribution in [0.1, 0.15) is 18.6 Å². The van der Waals surface area contributed by atoms with Crippen molar-refractivity contribution in [3.05, 3.63) is 34.9 Å². The second kappa shape index (κ2) is 5.15. The van der Waals surface area contributed by atoms with Gasteiger partial charge in [-0.15, -0.1) is 0 Å². The summed E-state index contributed by atoms with van der Waals surface area (Å²) < 4.78 is 11.0. The lowest BCUT2D eigenvalue weighted by Gasteiger charge is -2.32. The molecule has 1 aliphatic rings. The molecule has 1 aromatic rings. The summed E-state index contributed by atoms with van der Waals surface area (Å²) in [4.78, 5) is 0. The number of rotatable bonds is 4. The molecule has 0 bridgehead atoms. The van der Waals surface area contributed by atoms with E-state index in [4.69, 9.17) is 26.8 Å². The molecular weight excluding hydrogens is 226 g/mol. The highest BCUT2D eigenvalue weighted by Crippen LogP contribution is 2.25. The van der Waals surface area contributed by atoms with E-state index in [1.54, 1.807) is 0 Å². The highest BCUT2D eigenvalue weighted by Gasteiger charge is 2.26. The van der Waals surface area contributed by atoms with Gasteiger partial charge in [-0.3, -0.25) is 0 Å². The number of hydrogen-bond acceptors (Lipinski definition) is 3. The van der Waals surface area contributed by atoms with Crippen LogP contribution in [-0.2, 0) is 9.47 Å². The van der Waals surface area contributed by atoms with Crippen molar-refractivity contribution in [1.29, 1.82) is 0 Å². The van der Waals surface area contributed by atoms with Gasteiger partial charge in [0.2, 0.25) is 0 Å². The molecule has 0 saturated carbocycles. The van der Waals surface area contributed by atoms with Crippen LogP contribution >= 0.6 is 11.6 Å². The van der Waals surface area contributed by atoms with Crippen LogP contribution in [0.4, 0.5) is 0 Å². The van der Waals surface area contributed by atoms with Crippen LogP contribution in [0.5, 0.6) is 0 Å². The number of benzene rings is 1. The number of halogens is 1. The van der Waals surface area contributed by atoms with E-state index in [-0.39, 0.29) is 18.2 Å². The van der Waals surface area contributed by atoms with Crippen LogP contribution in [0, 0.1) is 0 Å². The minimum atomic E-state index is -0.0915. The van der Waals surface area contributed by atoms with Gasteiger partial charge >= 0.3 is 0 Å². The normalized spacial score (nSPS) is 20.2. The molecule has 0 spiro atoms. The van der Waals surface area contributed by atoms with Crippen molar-refractivity contribution in [2.24, 2.45) is 5.73 Å². The third-order valence-corrected chi connectivity index (χ3v) is 2.87. The molecule has 1 aromatic carbocycles. The standard InChI is InChI=1S/C12H16ClNO2/c1-8(14)12(16-11-6-15-7-11)9-2-4-10(13)5-3-9/h2-5,8,11-12H,6-7,14H2,1H3. The van der Waals surface area contributed by atoms with Gasteiger partial charge in [0.05, 0.1) is 19.3 Å². The SMILES string of the molecule is CC(N)C(OC1COC1)c1ccc(Cl)cc1. The minimum absolute atomic E-state index is 0.0539. The van der Waals surface area contributed by atoms with Gasteiger partial charge in [0.15, 0.2) is 0 Å². The lowest BCUT2D eigenvalue weighted by atomic mass is 10.0. The third-order valence-electron chi connectivity index (χ3n) is 2.62. The number of nitrogens with two attached hydrogens (primary N) is 1. The molecular formula is C12H16ClNO2. The summed E-state index contributed by atoms with van der Waals surface area (Å²) in [5.41, 5.74) is 7.00. The van der Waals surface area contributed by atoms with Crippen LogP contribution in [0.25, 0.3) is 0 Å². The van der Waals surface area contributed by atoms with Gasteiger partial charge < -0.3 is 15.2 Å². The van der Waals surface area contributed by atoms with Gasteiger partial charge in [-0.1, -0.05) is 23.7 Å². The molecule has 2 N–H and O–H groups in total. The second-order valence-corrected chi connectivity index (χ2v) is 4.56. The van der Waals surface area contributed by atoms with E-state index in [1.165, 1.54) is 0 Å². The summed E-state index contributed by atoms with van der Waals surface area (Å²) in [6.07, 6.45) is 0.0813. The first-order chi connectivity index (χ1) is 7.66. The predicted octanol–water partition coefficient (Wildman–Crippen LogP) is 2.14. The second-order valence-electron chi connectivity index (χ2n) is 4.13. The summed E-state index contributed by atoms with van der Waals surface area (Å²) in [6.45, 7) is 3.27. The van der Waals surface area contributed by atoms with Crippen molar-refractivity contribution in [3.63, 3.8) is 0 Å². The van der Waals surface area contributed by atoms with E-state index in [1.807, 2.05) is 31.2 Å². The Morgan fingerprint density at radius 1 is 1.38 bits per heavy atom. The summed E-state index contributed by atoms with van der Waals surface area (Å²) in [5, 5.41) is 0.721. The molecule has 16 heavy (non-hydrogen) atoms. The predicted molar refractivity (Wildman–Crippen MR) is 63.5 cm³/mol. The smallest absolute Gasteiger partial charge is 0.105 e. The molecule has 88 valence electrons. The quantitative estimate of drug-likeness (QED) is 0.879. The summed E-state index contributed by atoms with van der Waals surface area (Å²) in [5.74, 6) is 0. The van der Waals surface area contributed by atoms with E-state index in [0.29, 0.717) is 13.2 Å². The Morgan fingerprint density at radius 3 is 2.44 bits per heavy atom. The average Bonchev–Trinajstić information content (AvgIpc) is 2.18. The Morgan fingerprint density at radius 2 is 2.00 bits per heavy atom. The molecule has 1 heterocycles. The summed E-state index contributed by atoms with van der Waals surface area (Å²) in [7, 11) is 0. The van der Waals surface area contributed by atoms with E-state index in [0.717, 1.165) is 10.6 Å². The van der Waals surface area contributed by atoms with Gasteiger partial charge in [-0.05, 0) is 24.6 Å². The fourth-order valence-electron chi connectivity index (χ4n) is 1.66. The molecule has 0 radical (unpaired) electrons. The highest BCUT2D eigenvalue weighted by molar-refractivity contribution is 6.30. The van der Waals surface area contributed by atoms with Crippen molar-refractivity contribution >= 4 is 11.6 Å². The Kier molecular flexibility index (Phi) is 3.82. The largest absolute Gasteiger partial charge is 0.376 e. The van der Waals surface area contributed by atoms with Crippen LogP contribution in [0.3, 0.4) is 0 Å². The van der Waals surface area contributed by atoms with E-state index < -0.39 is 0 Å². The van der Waals surface area contributed by atoms with E-state index in [2.05, 4.69) is 0 Å². The van der Waals surface area contributed by atoms with Crippen molar-refractivity contribution in [3.8, 4) is 0 Å². The Hall–Kier alpha value is -0.610. The third kappa shape index (κ3) is 2.74. The average molecular weight is 242 g/mol. The molecule has 1 fully saturated rings. The highest BCUT2D eigenvalue weighted by atomic mass is 35.5. The van der Waals surface area contributed by atoms with Crippen molar-refractivity contribution in [1.82, 2.24) is 0 Å². The van der Waals surface area contributed by atoms with Crippen molar-refractivity contribution in [2.75, 3.05) is 13.2 Å². The van der Waals surface area contributed by atoms with Crippen molar-refractivity contribution < 1.29 is 9.47 Å². The molecule has 1 aliphatic heterocycles. The minimum Gasteiger partial charge on any atom is -0.376 e. The maximum atomic E-state index is 5.94. The Labute approximate surface area is 100 Å². The summed E-state index contributed by atoms with van der Waals surface area (Å²) in [6, 6.07) is 7.56. The molecule has 3 nitrogen and oxygen atoms in total. The van der Waals surface area contributed by atoms with Gasteiger partial charge in [-0.25, -0.2) is 0 Å². The Balaban J connectivity index is 2.08. The maximum Gasteiger partial charge on any atom is 0.105 e. The molecule has 0 amide bonds. The first-order valence-corrected chi connectivity index (χ1v) is 5.79. The van der Waals surface area contributed by atoms with Gasteiger partial charge in [0, 0.05) is 11.1 Å². The molecule has 2 unspecified atom stereocenters. The lowest BCUT2D eigenvalue weighted by Crippen LogP contribution is -2.40. The van der Waals surface area contributed by atoms with Gasteiger partial charge in [-0.2, -0.15) is 0 Å². The zero-order valence-electron chi connectivity index (χ0n) is 9.23. The van der Waals surface area contributed by atoms with Crippen LogP contribution in [-0.4, -0.2) is 25.4 Å². The Bertz CT molecular complexity index is 335. The number of ether oxygens (including phenoxy) is 2. The first-order valence-electron chi connectivity index (χ1n) is 5.41. The summed E-state index contributed by atoms with van der Waals surface area (Å²) >= 11 is 5.85. The first kappa shape index (κ1) is 11.9. The molecule has 2 rings (SSSR count). The van der Waals surface area contributed by atoms with Gasteiger partial charge in [0.1, 0.15) is 6.10 Å². The zero-order valence-corrected chi connectivity index (χ0v) is 9.98. The molecule has 0 aromatic heterocycles. The van der Waals surface area contributed by atoms with Crippen LogP contribution < -0.4 is 5.73 Å². The van der Waals surface area contributed by atoms with Gasteiger partial charge in [0.25, 0.3) is 0 Å². The maximum absolute atomic E-state index is 5.94. The number of hydrogen-bond donors (Lipinski definition) is 1. The van der Waals surface area contributed by atoms with Crippen LogP contribution in [0.2, 0.25) is 5.02 Å².